The van der Waals surface area contributed by atoms with E-state index in [9.17, 15) is 5.11 Å². The van der Waals surface area contributed by atoms with Crippen molar-refractivity contribution in [2.24, 2.45) is 0 Å². The van der Waals surface area contributed by atoms with Crippen LogP contribution in [0.4, 0.5) is 0 Å². The van der Waals surface area contributed by atoms with Crippen LogP contribution >= 0.6 is 0 Å². The molecule has 1 saturated heterocycles. The fourth-order valence-electron chi connectivity index (χ4n) is 4.62. The average Bonchev–Trinajstić information content (AvgIpc) is 2.54. The second kappa shape index (κ2) is 5.62. The minimum absolute atomic E-state index is 0.411. The molecule has 3 nitrogen and oxygen atoms in total. The quantitative estimate of drug-likeness (QED) is 0.859. The Labute approximate surface area is 126 Å². The second-order valence-electron chi connectivity index (χ2n) is 6.79. The summed E-state index contributed by atoms with van der Waals surface area (Å²) in [5.41, 5.74) is 2.80. The number of hydrogen-bond acceptors (Lipinski definition) is 3. The highest BCUT2D eigenvalue weighted by atomic mass is 16.5. The first-order valence-electron chi connectivity index (χ1n) is 8.52. The number of nitrogens with zero attached hydrogens (tertiary/aromatic N) is 1. The Morgan fingerprint density at radius 1 is 1.10 bits per heavy atom. The highest BCUT2D eigenvalue weighted by Crippen LogP contribution is 2.41. The van der Waals surface area contributed by atoms with Crippen LogP contribution in [0, 0.1) is 0 Å². The lowest BCUT2D eigenvalue weighted by Crippen LogP contribution is -2.54. The predicted octanol–water partition coefficient (Wildman–Crippen LogP) is 3.41. The number of phenolic OH excluding ortho intramolecular Hbond substituents is 1. The van der Waals surface area contributed by atoms with Crippen molar-refractivity contribution in [3.05, 3.63) is 29.3 Å². The topological polar surface area (TPSA) is 32.7 Å². The van der Waals surface area contributed by atoms with Crippen molar-refractivity contribution < 1.29 is 9.84 Å². The monoisotopic (exact) mass is 287 g/mol. The Bertz CT molecular complexity index is 514. The summed E-state index contributed by atoms with van der Waals surface area (Å²) in [5.74, 6) is 0.411. The van der Waals surface area contributed by atoms with E-state index >= 15 is 0 Å². The lowest BCUT2D eigenvalue weighted by Gasteiger charge is -2.48. The third-order valence-electron chi connectivity index (χ3n) is 5.59. The molecule has 0 bridgehead atoms. The Hall–Kier alpha value is -1.06. The first kappa shape index (κ1) is 13.6. The summed E-state index contributed by atoms with van der Waals surface area (Å²) in [6.45, 7) is 1.91. The normalized spacial score (nSPS) is 33.2. The van der Waals surface area contributed by atoms with Crippen molar-refractivity contribution >= 4 is 0 Å². The Morgan fingerprint density at radius 3 is 2.95 bits per heavy atom. The molecule has 3 atom stereocenters. The van der Waals surface area contributed by atoms with Crippen LogP contribution in [0.25, 0.3) is 0 Å². The first-order chi connectivity index (χ1) is 10.3. The minimum Gasteiger partial charge on any atom is -0.508 e. The number of fused-ring (bicyclic) bond motifs is 2. The summed E-state index contributed by atoms with van der Waals surface area (Å²) in [5, 5.41) is 9.89. The van der Waals surface area contributed by atoms with Gasteiger partial charge in [-0.3, -0.25) is 4.90 Å². The van der Waals surface area contributed by atoms with Crippen LogP contribution in [0.5, 0.6) is 5.75 Å². The average molecular weight is 287 g/mol. The van der Waals surface area contributed by atoms with Crippen LogP contribution in [0.15, 0.2) is 18.2 Å². The molecule has 1 aromatic rings. The van der Waals surface area contributed by atoms with E-state index < -0.39 is 0 Å². The van der Waals surface area contributed by atoms with Crippen molar-refractivity contribution in [2.75, 3.05) is 13.2 Å². The second-order valence-corrected chi connectivity index (χ2v) is 6.79. The largest absolute Gasteiger partial charge is 0.508 e. The van der Waals surface area contributed by atoms with Crippen LogP contribution < -0.4 is 0 Å². The summed E-state index contributed by atoms with van der Waals surface area (Å²) in [6, 6.07) is 7.03. The molecule has 3 aliphatic rings. The van der Waals surface area contributed by atoms with Gasteiger partial charge in [0.2, 0.25) is 0 Å². The summed E-state index contributed by atoms with van der Waals surface area (Å²) < 4.78 is 6.02. The third kappa shape index (κ3) is 2.47. The van der Waals surface area contributed by atoms with Crippen molar-refractivity contribution in [1.82, 2.24) is 4.90 Å². The van der Waals surface area contributed by atoms with Crippen LogP contribution in [-0.2, 0) is 11.2 Å². The molecular weight excluding hydrogens is 262 g/mol. The molecule has 21 heavy (non-hydrogen) atoms. The Kier molecular flexibility index (Phi) is 3.64. The smallest absolute Gasteiger partial charge is 0.115 e. The number of benzene rings is 1. The number of ether oxygens (including phenoxy) is 1. The van der Waals surface area contributed by atoms with Gasteiger partial charge in [0.1, 0.15) is 5.75 Å². The van der Waals surface area contributed by atoms with Gasteiger partial charge in [0.15, 0.2) is 0 Å². The van der Waals surface area contributed by atoms with E-state index in [1.54, 1.807) is 0 Å². The summed E-state index contributed by atoms with van der Waals surface area (Å²) in [6.07, 6.45) is 9.23. The molecule has 1 saturated carbocycles. The SMILES string of the molecule is Oc1ccc2c(c1)C(N1CCOC3CCCCC31)CCC2. The molecule has 3 heteroatoms. The molecule has 1 aromatic carbocycles. The molecule has 114 valence electrons. The van der Waals surface area contributed by atoms with Crippen LogP contribution in [-0.4, -0.2) is 35.3 Å². The maximum atomic E-state index is 9.89. The molecule has 2 aliphatic carbocycles. The van der Waals surface area contributed by atoms with Gasteiger partial charge in [-0.15, -0.1) is 0 Å². The van der Waals surface area contributed by atoms with Crippen molar-refractivity contribution in [3.8, 4) is 5.75 Å². The zero-order chi connectivity index (χ0) is 14.2. The van der Waals surface area contributed by atoms with Gasteiger partial charge in [-0.1, -0.05) is 18.9 Å². The molecule has 0 spiro atoms. The van der Waals surface area contributed by atoms with Gasteiger partial charge < -0.3 is 9.84 Å². The van der Waals surface area contributed by atoms with E-state index in [1.165, 1.54) is 49.7 Å². The summed E-state index contributed by atoms with van der Waals surface area (Å²) >= 11 is 0. The number of phenols is 1. The van der Waals surface area contributed by atoms with Crippen LogP contribution in [0.3, 0.4) is 0 Å². The van der Waals surface area contributed by atoms with E-state index in [0.717, 1.165) is 19.6 Å². The van der Waals surface area contributed by atoms with Gasteiger partial charge >= 0.3 is 0 Å². The Morgan fingerprint density at radius 2 is 2.00 bits per heavy atom. The van der Waals surface area contributed by atoms with E-state index in [1.807, 2.05) is 12.1 Å². The number of morpholine rings is 1. The van der Waals surface area contributed by atoms with E-state index in [2.05, 4.69) is 11.0 Å². The molecule has 0 aromatic heterocycles. The molecule has 0 amide bonds. The lowest BCUT2D eigenvalue weighted by molar-refractivity contribution is -0.105. The first-order valence-corrected chi connectivity index (χ1v) is 8.52. The molecule has 2 fully saturated rings. The number of rotatable bonds is 1. The highest BCUT2D eigenvalue weighted by molar-refractivity contribution is 5.38. The minimum atomic E-state index is 0.411. The van der Waals surface area contributed by atoms with Crippen molar-refractivity contribution in [2.45, 2.75) is 63.1 Å². The van der Waals surface area contributed by atoms with Gasteiger partial charge in [-0.05, 0) is 55.4 Å². The summed E-state index contributed by atoms with van der Waals surface area (Å²) in [4.78, 5) is 2.70. The highest BCUT2D eigenvalue weighted by Gasteiger charge is 2.39. The molecule has 0 radical (unpaired) electrons. The molecule has 1 heterocycles. The summed E-state index contributed by atoms with van der Waals surface area (Å²) in [7, 11) is 0. The molecule has 1 N–H and O–H groups in total. The maximum absolute atomic E-state index is 9.89. The van der Waals surface area contributed by atoms with Gasteiger partial charge in [-0.2, -0.15) is 0 Å². The molecule has 1 aliphatic heterocycles. The Balaban J connectivity index is 1.65. The van der Waals surface area contributed by atoms with Crippen LogP contribution in [0.1, 0.15) is 55.7 Å². The van der Waals surface area contributed by atoms with Gasteiger partial charge in [0, 0.05) is 18.6 Å². The third-order valence-corrected chi connectivity index (χ3v) is 5.59. The lowest BCUT2D eigenvalue weighted by atomic mass is 9.83. The molecule has 4 rings (SSSR count). The molecule has 3 unspecified atom stereocenters. The van der Waals surface area contributed by atoms with Gasteiger partial charge in [0.05, 0.1) is 12.7 Å². The van der Waals surface area contributed by atoms with E-state index in [0.29, 0.717) is 23.9 Å². The van der Waals surface area contributed by atoms with Gasteiger partial charge in [0.25, 0.3) is 0 Å². The predicted molar refractivity (Wildman–Crippen MR) is 82.5 cm³/mol. The number of aryl methyl sites for hydroxylation is 1. The van der Waals surface area contributed by atoms with Crippen molar-refractivity contribution in [3.63, 3.8) is 0 Å². The fraction of sp³-hybridized carbons (Fsp3) is 0.667. The standard InChI is InChI=1S/C18H25NO2/c20-14-9-8-13-4-3-6-16(15(13)12-14)19-10-11-21-18-7-2-1-5-17(18)19/h8-9,12,16-18,20H,1-7,10-11H2. The van der Waals surface area contributed by atoms with E-state index in [-0.39, 0.29) is 0 Å². The van der Waals surface area contributed by atoms with Crippen molar-refractivity contribution in [1.29, 1.82) is 0 Å². The number of aromatic hydroxyl groups is 1. The molecular formula is C18H25NO2. The zero-order valence-corrected chi connectivity index (χ0v) is 12.6. The zero-order valence-electron chi connectivity index (χ0n) is 12.6. The van der Waals surface area contributed by atoms with Crippen LogP contribution in [0.2, 0.25) is 0 Å². The maximum Gasteiger partial charge on any atom is 0.115 e. The van der Waals surface area contributed by atoms with E-state index in [4.69, 9.17) is 4.74 Å². The van der Waals surface area contributed by atoms with Gasteiger partial charge in [-0.25, -0.2) is 0 Å². The fourth-order valence-corrected chi connectivity index (χ4v) is 4.62. The number of hydrogen-bond donors (Lipinski definition) is 1.